The summed E-state index contributed by atoms with van der Waals surface area (Å²) >= 11 is 0. The van der Waals surface area contributed by atoms with Crippen molar-refractivity contribution in [1.29, 1.82) is 0 Å². The van der Waals surface area contributed by atoms with Gasteiger partial charge in [0.05, 0.1) is 25.2 Å². The van der Waals surface area contributed by atoms with E-state index in [9.17, 15) is 9.59 Å². The summed E-state index contributed by atoms with van der Waals surface area (Å²) < 4.78 is 10.8. The number of aromatic nitrogens is 1. The van der Waals surface area contributed by atoms with Crippen LogP contribution in [-0.4, -0.2) is 47.8 Å². The van der Waals surface area contributed by atoms with Crippen molar-refractivity contribution in [2.75, 3.05) is 20.2 Å². The average molecular weight is 396 g/mol. The normalized spacial score (nSPS) is 14.2. The highest BCUT2D eigenvalue weighted by atomic mass is 16.5. The molecule has 0 bridgehead atoms. The Kier molecular flexibility index (Phi) is 6.99. The molecule has 6 nitrogen and oxygen atoms in total. The zero-order chi connectivity index (χ0) is 20.8. The Morgan fingerprint density at radius 1 is 1.10 bits per heavy atom. The molecule has 1 aromatic carbocycles. The SMILES string of the molecule is COc1ncc(CN2CCCC2)cc1C(=O)CC(=O)c1ccc(OC(C)C)cc1. The van der Waals surface area contributed by atoms with Crippen LogP contribution in [0.5, 0.6) is 11.6 Å². The van der Waals surface area contributed by atoms with Gasteiger partial charge in [-0.1, -0.05) is 0 Å². The molecular weight excluding hydrogens is 368 g/mol. The van der Waals surface area contributed by atoms with E-state index in [4.69, 9.17) is 9.47 Å². The summed E-state index contributed by atoms with van der Waals surface area (Å²) in [4.78, 5) is 32.0. The standard InChI is InChI=1S/C23H28N2O4/c1-16(2)29-19-8-6-18(7-9-19)21(26)13-22(27)20-12-17(14-24-23(20)28-3)15-25-10-4-5-11-25/h6-9,12,14,16H,4-5,10-11,13,15H2,1-3H3. The number of hydrogen-bond acceptors (Lipinski definition) is 6. The third-order valence-corrected chi connectivity index (χ3v) is 4.88. The quantitative estimate of drug-likeness (QED) is 0.473. The van der Waals surface area contributed by atoms with Gasteiger partial charge in [0.25, 0.3) is 0 Å². The Hall–Kier alpha value is -2.73. The summed E-state index contributed by atoms with van der Waals surface area (Å²) in [6.45, 7) is 6.76. The number of carbonyl (C=O) groups excluding carboxylic acids is 2. The van der Waals surface area contributed by atoms with E-state index in [0.717, 1.165) is 25.2 Å². The number of methoxy groups -OCH3 is 1. The van der Waals surface area contributed by atoms with Gasteiger partial charge in [-0.25, -0.2) is 4.98 Å². The van der Waals surface area contributed by atoms with Crippen molar-refractivity contribution in [2.45, 2.75) is 45.8 Å². The summed E-state index contributed by atoms with van der Waals surface area (Å²) in [5.41, 5.74) is 1.80. The zero-order valence-electron chi connectivity index (χ0n) is 17.3. The zero-order valence-corrected chi connectivity index (χ0v) is 17.3. The highest BCUT2D eigenvalue weighted by Crippen LogP contribution is 2.22. The number of ketones is 2. The molecule has 0 amide bonds. The number of likely N-dealkylation sites (tertiary alicyclic amines) is 1. The van der Waals surface area contributed by atoms with Crippen LogP contribution in [0.25, 0.3) is 0 Å². The molecule has 0 N–H and O–H groups in total. The van der Waals surface area contributed by atoms with E-state index >= 15 is 0 Å². The van der Waals surface area contributed by atoms with Crippen LogP contribution in [0, 0.1) is 0 Å². The molecule has 0 aliphatic carbocycles. The topological polar surface area (TPSA) is 68.7 Å². The maximum Gasteiger partial charge on any atom is 0.224 e. The first-order valence-corrected chi connectivity index (χ1v) is 10.0. The van der Waals surface area contributed by atoms with Crippen LogP contribution in [0.3, 0.4) is 0 Å². The number of rotatable bonds is 9. The lowest BCUT2D eigenvalue weighted by molar-refractivity contribution is 0.0892. The molecule has 1 saturated heterocycles. The lowest BCUT2D eigenvalue weighted by atomic mass is 10.0. The highest BCUT2D eigenvalue weighted by Gasteiger charge is 2.20. The molecule has 0 atom stereocenters. The number of Topliss-reactive ketones (excluding diaryl/α,β-unsaturated/α-hetero) is 2. The van der Waals surface area contributed by atoms with E-state index in [2.05, 4.69) is 9.88 Å². The summed E-state index contributed by atoms with van der Waals surface area (Å²) in [6, 6.07) is 8.67. The molecule has 2 heterocycles. The summed E-state index contributed by atoms with van der Waals surface area (Å²) in [7, 11) is 1.48. The van der Waals surface area contributed by atoms with E-state index < -0.39 is 0 Å². The monoisotopic (exact) mass is 396 g/mol. The molecule has 29 heavy (non-hydrogen) atoms. The number of pyridine rings is 1. The molecule has 1 aliphatic rings. The van der Waals surface area contributed by atoms with E-state index in [1.165, 1.54) is 20.0 Å². The maximum absolute atomic E-state index is 12.8. The minimum absolute atomic E-state index is 0.0610. The Bertz CT molecular complexity index is 856. The van der Waals surface area contributed by atoms with Gasteiger partial charge in [0.2, 0.25) is 5.88 Å². The fourth-order valence-electron chi connectivity index (χ4n) is 3.48. The molecule has 0 spiro atoms. The molecule has 3 rings (SSSR count). The summed E-state index contributed by atoms with van der Waals surface area (Å²) in [5, 5.41) is 0. The van der Waals surface area contributed by atoms with Crippen LogP contribution in [0.1, 0.15) is 59.4 Å². The molecule has 1 aliphatic heterocycles. The van der Waals surface area contributed by atoms with Crippen LogP contribution in [0.15, 0.2) is 36.5 Å². The number of nitrogens with zero attached hydrogens (tertiary/aromatic N) is 2. The van der Waals surface area contributed by atoms with Gasteiger partial charge in [-0.2, -0.15) is 0 Å². The molecule has 0 saturated carbocycles. The predicted molar refractivity (Wildman–Crippen MR) is 111 cm³/mol. The van der Waals surface area contributed by atoms with Crippen molar-refractivity contribution in [3.05, 3.63) is 53.2 Å². The van der Waals surface area contributed by atoms with Gasteiger partial charge in [-0.15, -0.1) is 0 Å². The second-order valence-corrected chi connectivity index (χ2v) is 7.60. The van der Waals surface area contributed by atoms with Gasteiger partial charge in [-0.05, 0) is 75.7 Å². The van der Waals surface area contributed by atoms with Gasteiger partial charge < -0.3 is 9.47 Å². The van der Waals surface area contributed by atoms with Gasteiger partial charge >= 0.3 is 0 Å². The smallest absolute Gasteiger partial charge is 0.224 e. The van der Waals surface area contributed by atoms with Crippen molar-refractivity contribution < 1.29 is 19.1 Å². The van der Waals surface area contributed by atoms with E-state index in [-0.39, 0.29) is 30.0 Å². The molecule has 154 valence electrons. The summed E-state index contributed by atoms with van der Waals surface area (Å²) in [6.07, 6.45) is 3.97. The van der Waals surface area contributed by atoms with Crippen LogP contribution in [0.4, 0.5) is 0 Å². The van der Waals surface area contributed by atoms with Crippen molar-refractivity contribution >= 4 is 11.6 Å². The molecule has 1 aromatic heterocycles. The minimum atomic E-state index is -0.287. The molecule has 1 fully saturated rings. The third-order valence-electron chi connectivity index (χ3n) is 4.88. The van der Waals surface area contributed by atoms with Gasteiger partial charge in [0, 0.05) is 18.3 Å². The Balaban J connectivity index is 1.70. The van der Waals surface area contributed by atoms with Crippen molar-refractivity contribution in [3.8, 4) is 11.6 Å². The minimum Gasteiger partial charge on any atom is -0.491 e. The Morgan fingerprint density at radius 2 is 1.79 bits per heavy atom. The first-order valence-electron chi connectivity index (χ1n) is 10.0. The number of hydrogen-bond donors (Lipinski definition) is 0. The van der Waals surface area contributed by atoms with Gasteiger partial charge in [0.15, 0.2) is 11.6 Å². The van der Waals surface area contributed by atoms with Crippen molar-refractivity contribution in [3.63, 3.8) is 0 Å². The predicted octanol–water partition coefficient (Wildman–Crippen LogP) is 3.93. The molecule has 0 unspecified atom stereocenters. The maximum atomic E-state index is 12.8. The van der Waals surface area contributed by atoms with Gasteiger partial charge in [0.1, 0.15) is 5.75 Å². The lowest BCUT2D eigenvalue weighted by Crippen LogP contribution is -2.19. The lowest BCUT2D eigenvalue weighted by Gasteiger charge is -2.15. The van der Waals surface area contributed by atoms with E-state index in [1.54, 1.807) is 36.5 Å². The molecule has 0 radical (unpaired) electrons. The van der Waals surface area contributed by atoms with E-state index in [0.29, 0.717) is 16.9 Å². The largest absolute Gasteiger partial charge is 0.491 e. The van der Waals surface area contributed by atoms with Crippen LogP contribution >= 0.6 is 0 Å². The third kappa shape index (κ3) is 5.64. The van der Waals surface area contributed by atoms with Crippen LogP contribution in [0.2, 0.25) is 0 Å². The van der Waals surface area contributed by atoms with Crippen molar-refractivity contribution in [2.24, 2.45) is 0 Å². The second-order valence-electron chi connectivity index (χ2n) is 7.60. The number of carbonyl (C=O) groups is 2. The summed E-state index contributed by atoms with van der Waals surface area (Å²) in [5.74, 6) is 0.431. The van der Waals surface area contributed by atoms with Crippen molar-refractivity contribution in [1.82, 2.24) is 9.88 Å². The molecule has 2 aromatic rings. The highest BCUT2D eigenvalue weighted by molar-refractivity contribution is 6.14. The number of ether oxygens (including phenoxy) is 2. The fourth-order valence-corrected chi connectivity index (χ4v) is 3.48. The Morgan fingerprint density at radius 3 is 2.41 bits per heavy atom. The first kappa shape index (κ1) is 21.0. The molecule has 6 heteroatoms. The van der Waals surface area contributed by atoms with E-state index in [1.807, 2.05) is 13.8 Å². The second kappa shape index (κ2) is 9.65. The van der Waals surface area contributed by atoms with Crippen LogP contribution in [-0.2, 0) is 6.54 Å². The van der Waals surface area contributed by atoms with Gasteiger partial charge in [-0.3, -0.25) is 14.5 Å². The average Bonchev–Trinajstić information content (AvgIpc) is 3.21. The molecular formula is C23H28N2O4. The fraction of sp³-hybridized carbons (Fsp3) is 0.435. The first-order chi connectivity index (χ1) is 14.0. The Labute approximate surface area is 171 Å². The number of benzene rings is 1. The van der Waals surface area contributed by atoms with Crippen LogP contribution < -0.4 is 9.47 Å².